The van der Waals surface area contributed by atoms with E-state index in [9.17, 15) is 9.90 Å². The average Bonchev–Trinajstić information content (AvgIpc) is 2.45. The Hall–Kier alpha value is -0.610. The molecule has 4 heteroatoms. The van der Waals surface area contributed by atoms with Crippen LogP contribution in [0.5, 0.6) is 0 Å². The zero-order chi connectivity index (χ0) is 15.5. The number of carbonyl (C=O) groups is 1. The Labute approximate surface area is 129 Å². The first-order valence-electron chi connectivity index (χ1n) is 8.55. The molecule has 0 aromatic rings. The minimum Gasteiger partial charge on any atom is -0.481 e. The van der Waals surface area contributed by atoms with Crippen LogP contribution in [0.15, 0.2) is 0 Å². The molecule has 2 aliphatic rings. The first-order valence-corrected chi connectivity index (χ1v) is 8.55. The highest BCUT2D eigenvalue weighted by Crippen LogP contribution is 2.27. The van der Waals surface area contributed by atoms with E-state index in [1.807, 2.05) is 0 Å². The molecule has 0 bridgehead atoms. The van der Waals surface area contributed by atoms with E-state index >= 15 is 0 Å². The number of carboxylic acid groups (broad SMARTS) is 1. The molecule has 2 fully saturated rings. The molecule has 2 atom stereocenters. The van der Waals surface area contributed by atoms with Gasteiger partial charge in [-0.15, -0.1) is 0 Å². The summed E-state index contributed by atoms with van der Waals surface area (Å²) in [6.07, 6.45) is 7.22. The minimum absolute atomic E-state index is 0.210. The van der Waals surface area contributed by atoms with Crippen molar-refractivity contribution in [3.05, 3.63) is 0 Å². The first-order chi connectivity index (χ1) is 9.85. The molecule has 1 saturated carbocycles. The van der Waals surface area contributed by atoms with Crippen LogP contribution in [0.1, 0.15) is 59.3 Å². The number of hydrogen-bond donors (Lipinski definition) is 2. The zero-order valence-corrected chi connectivity index (χ0v) is 13.9. The van der Waals surface area contributed by atoms with Crippen molar-refractivity contribution in [3.8, 4) is 0 Å². The predicted octanol–water partition coefficient (Wildman–Crippen LogP) is 2.73. The van der Waals surface area contributed by atoms with Crippen molar-refractivity contribution in [3.63, 3.8) is 0 Å². The highest BCUT2D eigenvalue weighted by atomic mass is 16.4. The summed E-state index contributed by atoms with van der Waals surface area (Å²) in [6.45, 7) is 9.37. The van der Waals surface area contributed by atoms with Crippen molar-refractivity contribution in [2.75, 3.05) is 19.6 Å². The monoisotopic (exact) mass is 296 g/mol. The Morgan fingerprint density at radius 1 is 1.19 bits per heavy atom. The van der Waals surface area contributed by atoms with Crippen LogP contribution in [0.4, 0.5) is 0 Å². The summed E-state index contributed by atoms with van der Waals surface area (Å²) in [5.41, 5.74) is 0.242. The van der Waals surface area contributed by atoms with Gasteiger partial charge in [0.2, 0.25) is 0 Å². The third-order valence-corrected chi connectivity index (χ3v) is 4.84. The van der Waals surface area contributed by atoms with Crippen LogP contribution in [-0.4, -0.2) is 47.7 Å². The molecule has 21 heavy (non-hydrogen) atoms. The topological polar surface area (TPSA) is 52.6 Å². The summed E-state index contributed by atoms with van der Waals surface area (Å²) in [4.78, 5) is 13.9. The molecule has 0 radical (unpaired) electrons. The van der Waals surface area contributed by atoms with Crippen molar-refractivity contribution in [1.82, 2.24) is 10.2 Å². The Morgan fingerprint density at radius 3 is 2.43 bits per heavy atom. The van der Waals surface area contributed by atoms with E-state index in [1.54, 1.807) is 0 Å². The van der Waals surface area contributed by atoms with Gasteiger partial charge < -0.3 is 10.4 Å². The molecule has 122 valence electrons. The van der Waals surface area contributed by atoms with Crippen LogP contribution < -0.4 is 5.32 Å². The van der Waals surface area contributed by atoms with Gasteiger partial charge in [-0.25, -0.2) is 0 Å². The van der Waals surface area contributed by atoms with Gasteiger partial charge in [0.1, 0.15) is 0 Å². The van der Waals surface area contributed by atoms with E-state index in [4.69, 9.17) is 0 Å². The lowest BCUT2D eigenvalue weighted by atomic mass is 9.88. The molecular formula is C17H32N2O2. The number of hydrogen-bond acceptors (Lipinski definition) is 3. The Balaban J connectivity index is 1.95. The number of carboxylic acids is 1. The van der Waals surface area contributed by atoms with E-state index < -0.39 is 5.97 Å². The van der Waals surface area contributed by atoms with E-state index in [1.165, 1.54) is 32.1 Å². The van der Waals surface area contributed by atoms with Gasteiger partial charge in [0.15, 0.2) is 0 Å². The summed E-state index contributed by atoms with van der Waals surface area (Å²) in [7, 11) is 0. The summed E-state index contributed by atoms with van der Waals surface area (Å²) in [6, 6.07) is 0.931. The molecule has 0 spiro atoms. The summed E-state index contributed by atoms with van der Waals surface area (Å²) >= 11 is 0. The largest absolute Gasteiger partial charge is 0.481 e. The molecule has 0 aromatic heterocycles. The molecule has 2 N–H and O–H groups in total. The highest BCUT2D eigenvalue weighted by molar-refractivity contribution is 5.70. The maximum Gasteiger partial charge on any atom is 0.307 e. The fourth-order valence-corrected chi connectivity index (χ4v) is 3.65. The van der Waals surface area contributed by atoms with Gasteiger partial charge in [0, 0.05) is 31.7 Å². The van der Waals surface area contributed by atoms with Gasteiger partial charge >= 0.3 is 5.97 Å². The number of rotatable bonds is 4. The van der Waals surface area contributed by atoms with Gasteiger partial charge in [-0.1, -0.05) is 40.0 Å². The molecule has 1 aliphatic heterocycles. The van der Waals surface area contributed by atoms with Crippen molar-refractivity contribution < 1.29 is 9.90 Å². The number of aliphatic carboxylic acids is 1. The summed E-state index contributed by atoms with van der Waals surface area (Å²) in [5, 5.41) is 13.1. The normalized spacial score (nSPS) is 29.5. The fraction of sp³-hybridized carbons (Fsp3) is 0.941. The van der Waals surface area contributed by atoms with E-state index in [2.05, 4.69) is 31.0 Å². The maximum absolute atomic E-state index is 11.5. The lowest BCUT2D eigenvalue weighted by Crippen LogP contribution is -2.55. The van der Waals surface area contributed by atoms with E-state index in [0.717, 1.165) is 26.1 Å². The second kappa shape index (κ2) is 7.10. The Morgan fingerprint density at radius 2 is 1.86 bits per heavy atom. The molecule has 0 amide bonds. The maximum atomic E-state index is 11.5. The van der Waals surface area contributed by atoms with Gasteiger partial charge in [-0.2, -0.15) is 0 Å². The van der Waals surface area contributed by atoms with Crippen LogP contribution in [0.3, 0.4) is 0 Å². The van der Waals surface area contributed by atoms with Crippen molar-refractivity contribution in [2.45, 2.75) is 71.4 Å². The molecule has 2 rings (SSSR count). The average molecular weight is 296 g/mol. The van der Waals surface area contributed by atoms with Crippen molar-refractivity contribution in [2.24, 2.45) is 11.3 Å². The number of likely N-dealkylation sites (tertiary alicyclic amines) is 1. The van der Waals surface area contributed by atoms with Gasteiger partial charge in [-0.3, -0.25) is 9.69 Å². The van der Waals surface area contributed by atoms with Crippen LogP contribution in [0.2, 0.25) is 0 Å². The van der Waals surface area contributed by atoms with Crippen molar-refractivity contribution >= 4 is 5.97 Å². The third-order valence-electron chi connectivity index (χ3n) is 4.84. The Kier molecular flexibility index (Phi) is 5.67. The van der Waals surface area contributed by atoms with E-state index in [-0.39, 0.29) is 11.3 Å². The Bertz CT molecular complexity index is 345. The summed E-state index contributed by atoms with van der Waals surface area (Å²) in [5.74, 6) is -0.837. The highest BCUT2D eigenvalue weighted by Gasteiger charge is 2.35. The molecule has 4 nitrogen and oxygen atoms in total. The molecule has 1 saturated heterocycles. The lowest BCUT2D eigenvalue weighted by Gasteiger charge is -2.43. The quantitative estimate of drug-likeness (QED) is 0.837. The second-order valence-electron chi connectivity index (χ2n) is 8.16. The smallest absolute Gasteiger partial charge is 0.307 e. The molecule has 1 aliphatic carbocycles. The van der Waals surface area contributed by atoms with Crippen molar-refractivity contribution in [1.29, 1.82) is 0 Å². The lowest BCUT2D eigenvalue weighted by molar-refractivity contribution is -0.144. The van der Waals surface area contributed by atoms with Crippen LogP contribution in [0.25, 0.3) is 0 Å². The zero-order valence-electron chi connectivity index (χ0n) is 13.9. The SMILES string of the molecule is CC(C)(C)CNC1CC(C(=O)O)CN(C2CCCCC2)C1. The molecule has 1 heterocycles. The van der Waals surface area contributed by atoms with E-state index in [0.29, 0.717) is 12.1 Å². The minimum atomic E-state index is -0.627. The van der Waals surface area contributed by atoms with Gasteiger partial charge in [0.05, 0.1) is 5.92 Å². The van der Waals surface area contributed by atoms with Crippen LogP contribution >= 0.6 is 0 Å². The first kappa shape index (κ1) is 16.8. The second-order valence-corrected chi connectivity index (χ2v) is 8.16. The fourth-order valence-electron chi connectivity index (χ4n) is 3.65. The predicted molar refractivity (Wildman–Crippen MR) is 85.4 cm³/mol. The molecule has 2 unspecified atom stereocenters. The van der Waals surface area contributed by atoms with Gasteiger partial charge in [0.25, 0.3) is 0 Å². The third kappa shape index (κ3) is 5.26. The van der Waals surface area contributed by atoms with Crippen LogP contribution in [-0.2, 0) is 4.79 Å². The number of piperidine rings is 1. The number of nitrogens with zero attached hydrogens (tertiary/aromatic N) is 1. The molecule has 0 aromatic carbocycles. The standard InChI is InChI=1S/C17H32N2O2/c1-17(2,3)12-18-14-9-13(16(20)21)10-19(11-14)15-7-5-4-6-8-15/h13-15,18H,4-12H2,1-3H3,(H,20,21). The number of nitrogens with one attached hydrogen (secondary N) is 1. The molecular weight excluding hydrogens is 264 g/mol. The summed E-state index contributed by atoms with van der Waals surface area (Å²) < 4.78 is 0. The van der Waals surface area contributed by atoms with Gasteiger partial charge in [-0.05, 0) is 24.7 Å². The van der Waals surface area contributed by atoms with Crippen LogP contribution in [0, 0.1) is 11.3 Å².